The minimum absolute atomic E-state index is 0.194. The number of nitrogens with zero attached hydrogens (tertiary/aromatic N) is 2. The summed E-state index contributed by atoms with van der Waals surface area (Å²) in [6.45, 7) is 1.69. The van der Waals surface area contributed by atoms with E-state index in [9.17, 15) is 26.3 Å². The molecule has 0 saturated carbocycles. The number of hydrogen-bond donors (Lipinski definition) is 3. The fourth-order valence-corrected chi connectivity index (χ4v) is 3.37. The minimum Gasteiger partial charge on any atom is -0.397 e. The van der Waals surface area contributed by atoms with Crippen molar-refractivity contribution in [2.24, 2.45) is 16.5 Å². The number of alkyl halides is 6. The topological polar surface area (TPSA) is 101 Å². The molecule has 0 aliphatic heterocycles. The van der Waals surface area contributed by atoms with Crippen LogP contribution in [0.25, 0.3) is 17.8 Å². The molecule has 0 amide bonds. The number of aromatic nitrogens is 1. The van der Waals surface area contributed by atoms with E-state index in [1.165, 1.54) is 23.5 Å². The maximum Gasteiger partial charge on any atom is 0.432 e. The van der Waals surface area contributed by atoms with Gasteiger partial charge in [0.15, 0.2) is 0 Å². The van der Waals surface area contributed by atoms with Crippen molar-refractivity contribution in [2.45, 2.75) is 19.3 Å². The largest absolute Gasteiger partial charge is 0.432 e. The van der Waals surface area contributed by atoms with Crippen molar-refractivity contribution in [2.75, 3.05) is 7.05 Å². The van der Waals surface area contributed by atoms with Gasteiger partial charge in [-0.1, -0.05) is 12.0 Å². The highest BCUT2D eigenvalue weighted by atomic mass is 32.1. The van der Waals surface area contributed by atoms with Gasteiger partial charge < -0.3 is 11.5 Å². The molecule has 5 N–H and O–H groups in total. The number of aliphatic imine (C=N–C) groups is 1. The fourth-order valence-electron chi connectivity index (χ4n) is 2.55. The standard InChI is InChI=1S/C23H19F6N5S/c1-3-4-14-7-8-15(35-14)6-5-13-9-18(16(30)11-20(32)22(24,25)26)34-19(10-13)17(31)12-21(33-2)23(27,28)29/h5-12,30H,31-32H2,1-2H3/b6-5+,17-12-,20-11?,30-16?,33-21?. The molecule has 2 aromatic heterocycles. The zero-order valence-corrected chi connectivity index (χ0v) is 19.2. The first kappa shape index (κ1) is 27.4. The van der Waals surface area contributed by atoms with Crippen LogP contribution in [0.2, 0.25) is 0 Å². The molecule has 0 aliphatic rings. The molecule has 2 heterocycles. The summed E-state index contributed by atoms with van der Waals surface area (Å²) in [5, 5.41) is 7.98. The van der Waals surface area contributed by atoms with Crippen LogP contribution in [0.15, 0.2) is 47.1 Å². The number of nitrogens with two attached hydrogens (primary N) is 2. The molecule has 0 bridgehead atoms. The van der Waals surface area contributed by atoms with E-state index in [0.29, 0.717) is 17.7 Å². The molecule has 0 saturated heterocycles. The van der Waals surface area contributed by atoms with Gasteiger partial charge in [-0.25, -0.2) is 4.98 Å². The van der Waals surface area contributed by atoms with Crippen LogP contribution in [-0.4, -0.2) is 35.8 Å². The van der Waals surface area contributed by atoms with E-state index in [1.807, 2.05) is 0 Å². The smallest absolute Gasteiger partial charge is 0.397 e. The lowest BCUT2D eigenvalue weighted by Crippen LogP contribution is -2.22. The van der Waals surface area contributed by atoms with Gasteiger partial charge in [0.05, 0.1) is 27.7 Å². The number of halogens is 6. The molecular formula is C23H19F6N5S. The summed E-state index contributed by atoms with van der Waals surface area (Å²) in [5.41, 5.74) is 6.68. The Morgan fingerprint density at radius 3 is 2.26 bits per heavy atom. The van der Waals surface area contributed by atoms with Crippen LogP contribution in [0, 0.1) is 17.3 Å². The first-order valence-electron chi connectivity index (χ1n) is 9.62. The van der Waals surface area contributed by atoms with Crippen molar-refractivity contribution in [3.63, 3.8) is 0 Å². The van der Waals surface area contributed by atoms with Crippen LogP contribution >= 0.6 is 11.3 Å². The van der Waals surface area contributed by atoms with Crippen LogP contribution in [0.3, 0.4) is 0 Å². The summed E-state index contributed by atoms with van der Waals surface area (Å²) in [6, 6.07) is 6.21. The molecule has 0 radical (unpaired) electrons. The molecule has 0 atom stereocenters. The second kappa shape index (κ2) is 11.1. The first-order chi connectivity index (χ1) is 16.2. The Balaban J connectivity index is 2.58. The molecule has 0 aliphatic carbocycles. The zero-order chi connectivity index (χ0) is 26.4. The summed E-state index contributed by atoms with van der Waals surface area (Å²) in [4.78, 5) is 8.72. The monoisotopic (exact) mass is 511 g/mol. The van der Waals surface area contributed by atoms with Crippen molar-refractivity contribution in [3.05, 3.63) is 68.8 Å². The van der Waals surface area contributed by atoms with Gasteiger partial charge >= 0.3 is 12.4 Å². The second-order valence-electron chi connectivity index (χ2n) is 6.80. The first-order valence-corrected chi connectivity index (χ1v) is 10.4. The lowest BCUT2D eigenvalue weighted by atomic mass is 10.1. The van der Waals surface area contributed by atoms with E-state index >= 15 is 0 Å². The van der Waals surface area contributed by atoms with Crippen molar-refractivity contribution >= 4 is 40.6 Å². The Labute approximate surface area is 201 Å². The fraction of sp³-hybridized carbons (Fsp3) is 0.174. The summed E-state index contributed by atoms with van der Waals surface area (Å²) < 4.78 is 77.6. The van der Waals surface area contributed by atoms with Crippen molar-refractivity contribution in [1.82, 2.24) is 4.98 Å². The normalized spacial score (nSPS) is 13.7. The van der Waals surface area contributed by atoms with E-state index in [4.69, 9.17) is 16.9 Å². The summed E-state index contributed by atoms with van der Waals surface area (Å²) in [6.07, 6.45) is -5.51. The predicted octanol–water partition coefficient (Wildman–Crippen LogP) is 5.39. The van der Waals surface area contributed by atoms with Crippen LogP contribution in [0.4, 0.5) is 26.3 Å². The Kier molecular flexibility index (Phi) is 8.65. The predicted molar refractivity (Wildman–Crippen MR) is 127 cm³/mol. The Morgan fingerprint density at radius 2 is 1.69 bits per heavy atom. The molecule has 2 rings (SSSR count). The maximum atomic E-state index is 13.1. The van der Waals surface area contributed by atoms with E-state index < -0.39 is 35.2 Å². The molecular weight excluding hydrogens is 492 g/mol. The average molecular weight is 511 g/mol. The van der Waals surface area contributed by atoms with Crippen molar-refractivity contribution in [3.8, 4) is 11.8 Å². The number of nitrogens with one attached hydrogen (secondary N) is 1. The van der Waals surface area contributed by atoms with Crippen LogP contribution in [0.5, 0.6) is 0 Å². The molecule has 5 nitrogen and oxygen atoms in total. The average Bonchev–Trinajstić information content (AvgIpc) is 3.21. The Bertz CT molecular complexity index is 1280. The highest BCUT2D eigenvalue weighted by molar-refractivity contribution is 7.13. The van der Waals surface area contributed by atoms with Gasteiger partial charge in [-0.15, -0.1) is 17.3 Å². The number of rotatable bonds is 6. The SMILES string of the molecule is CC#Cc1ccc(/C=C/c2cc(C(=N)C=C(N)C(F)(F)F)nc(/C(N)=C/C(=NC)C(F)(F)F)c2)s1. The van der Waals surface area contributed by atoms with Crippen LogP contribution < -0.4 is 11.5 Å². The van der Waals surface area contributed by atoms with E-state index in [-0.39, 0.29) is 11.4 Å². The van der Waals surface area contributed by atoms with Gasteiger partial charge in [-0.05, 0) is 55.0 Å². The number of thiophene rings is 1. The van der Waals surface area contributed by atoms with E-state index in [2.05, 4.69) is 21.8 Å². The van der Waals surface area contributed by atoms with Gasteiger partial charge in [0.25, 0.3) is 0 Å². The summed E-state index contributed by atoms with van der Waals surface area (Å²) in [7, 11) is 0.934. The zero-order valence-electron chi connectivity index (χ0n) is 18.3. The second-order valence-corrected chi connectivity index (χ2v) is 7.91. The van der Waals surface area contributed by atoms with Crippen molar-refractivity contribution in [1.29, 1.82) is 5.41 Å². The maximum absolute atomic E-state index is 13.1. The molecule has 35 heavy (non-hydrogen) atoms. The van der Waals surface area contributed by atoms with Crippen molar-refractivity contribution < 1.29 is 26.3 Å². The third-order valence-electron chi connectivity index (χ3n) is 4.19. The minimum atomic E-state index is -4.87. The Morgan fingerprint density at radius 1 is 1.03 bits per heavy atom. The third kappa shape index (κ3) is 7.86. The van der Waals surface area contributed by atoms with Gasteiger partial charge in [0.2, 0.25) is 0 Å². The Hall–Kier alpha value is -3.85. The highest BCUT2D eigenvalue weighted by Gasteiger charge is 2.34. The molecule has 184 valence electrons. The highest BCUT2D eigenvalue weighted by Crippen LogP contribution is 2.24. The van der Waals surface area contributed by atoms with Gasteiger partial charge in [-0.2, -0.15) is 26.3 Å². The summed E-state index contributed by atoms with van der Waals surface area (Å²) >= 11 is 1.38. The quantitative estimate of drug-likeness (QED) is 0.275. The van der Waals surface area contributed by atoms with Crippen LogP contribution in [0.1, 0.15) is 33.6 Å². The van der Waals surface area contributed by atoms with Gasteiger partial charge in [0, 0.05) is 11.9 Å². The molecule has 0 unspecified atom stereocenters. The molecule has 0 aromatic carbocycles. The van der Waals surface area contributed by atoms with E-state index in [1.54, 1.807) is 31.2 Å². The number of allylic oxidation sites excluding steroid dienone is 3. The third-order valence-corrected chi connectivity index (χ3v) is 5.15. The lowest BCUT2D eigenvalue weighted by Gasteiger charge is -2.10. The number of pyridine rings is 1. The van der Waals surface area contributed by atoms with Crippen LogP contribution in [-0.2, 0) is 0 Å². The molecule has 0 fully saturated rings. The molecule has 2 aromatic rings. The molecule has 0 spiro atoms. The lowest BCUT2D eigenvalue weighted by molar-refractivity contribution is -0.0925. The summed E-state index contributed by atoms with van der Waals surface area (Å²) in [5.74, 6) is 5.67. The van der Waals surface area contributed by atoms with Gasteiger partial charge in [-0.3, -0.25) is 10.4 Å². The van der Waals surface area contributed by atoms with E-state index in [0.717, 1.165) is 16.8 Å². The number of hydrogen-bond acceptors (Lipinski definition) is 6. The van der Waals surface area contributed by atoms with Gasteiger partial charge in [0.1, 0.15) is 11.4 Å². The molecule has 12 heteroatoms.